The molecule has 1 heterocycles. The molecule has 0 radical (unpaired) electrons. The molecule has 1 amide bonds. The van der Waals surface area contributed by atoms with Gasteiger partial charge < -0.3 is 20.1 Å². The van der Waals surface area contributed by atoms with Crippen LogP contribution in [0.2, 0.25) is 0 Å². The lowest BCUT2D eigenvalue weighted by Crippen LogP contribution is -2.38. The van der Waals surface area contributed by atoms with Crippen LogP contribution in [-0.2, 0) is 11.3 Å². The Hall–Kier alpha value is -3.39. The first kappa shape index (κ1) is 22.3. The third kappa shape index (κ3) is 5.61. The number of carbonyl (C=O) groups is 2. The van der Waals surface area contributed by atoms with Gasteiger partial charge in [-0.3, -0.25) is 9.59 Å². The Morgan fingerprint density at radius 1 is 1.23 bits per heavy atom. The highest BCUT2D eigenvalue weighted by atomic mass is 32.1. The average Bonchev–Trinajstić information content (AvgIpc) is 3.28. The highest BCUT2D eigenvalue weighted by Gasteiger charge is 2.16. The second kappa shape index (κ2) is 10.1. The quantitative estimate of drug-likeness (QED) is 0.523. The molecule has 7 nitrogen and oxygen atoms in total. The van der Waals surface area contributed by atoms with Gasteiger partial charge in [0.15, 0.2) is 5.13 Å². The van der Waals surface area contributed by atoms with Gasteiger partial charge in [-0.05, 0) is 43.7 Å². The highest BCUT2D eigenvalue weighted by molar-refractivity contribution is 7.14. The van der Waals surface area contributed by atoms with Crippen LogP contribution in [0.3, 0.4) is 0 Å². The molecule has 2 aromatic carbocycles. The largest absolute Gasteiger partial charge is 0.497 e. The third-order valence-electron chi connectivity index (χ3n) is 4.82. The number of hydrogen-bond donors (Lipinski definition) is 2. The molecule has 162 valence electrons. The van der Waals surface area contributed by atoms with E-state index in [0.717, 1.165) is 34.2 Å². The SMILES string of the molecule is CCN(Cc1ccc(C(=O)NC(C)C(=O)O)cc1)c1nc(-c2cccc(OC)c2)cs1. The molecular weight excluding hydrogens is 414 g/mol. The number of thiazole rings is 1. The van der Waals surface area contributed by atoms with Crippen molar-refractivity contribution in [2.75, 3.05) is 18.6 Å². The minimum absolute atomic E-state index is 0.406. The van der Waals surface area contributed by atoms with Crippen LogP contribution in [0.5, 0.6) is 5.75 Å². The summed E-state index contributed by atoms with van der Waals surface area (Å²) in [6.07, 6.45) is 0. The van der Waals surface area contributed by atoms with Crippen LogP contribution >= 0.6 is 11.3 Å². The molecule has 1 aromatic heterocycles. The molecule has 2 N–H and O–H groups in total. The van der Waals surface area contributed by atoms with Crippen molar-refractivity contribution >= 4 is 28.3 Å². The topological polar surface area (TPSA) is 91.8 Å². The zero-order chi connectivity index (χ0) is 22.4. The van der Waals surface area contributed by atoms with E-state index in [0.29, 0.717) is 12.1 Å². The number of nitrogens with zero attached hydrogens (tertiary/aromatic N) is 2. The molecule has 1 atom stereocenters. The molecule has 3 rings (SSSR count). The summed E-state index contributed by atoms with van der Waals surface area (Å²) in [6, 6.07) is 14.0. The van der Waals surface area contributed by atoms with E-state index in [2.05, 4.69) is 17.1 Å². The van der Waals surface area contributed by atoms with Gasteiger partial charge in [0.25, 0.3) is 5.91 Å². The zero-order valence-corrected chi connectivity index (χ0v) is 18.5. The van der Waals surface area contributed by atoms with Crippen LogP contribution in [0.1, 0.15) is 29.8 Å². The van der Waals surface area contributed by atoms with Crippen LogP contribution in [0.4, 0.5) is 5.13 Å². The first-order valence-electron chi connectivity index (χ1n) is 9.88. The van der Waals surface area contributed by atoms with Gasteiger partial charge in [-0.15, -0.1) is 11.3 Å². The van der Waals surface area contributed by atoms with E-state index in [1.165, 1.54) is 6.92 Å². The van der Waals surface area contributed by atoms with E-state index in [1.54, 1.807) is 30.6 Å². The molecule has 0 bridgehead atoms. The maximum atomic E-state index is 12.2. The van der Waals surface area contributed by atoms with E-state index in [-0.39, 0.29) is 0 Å². The van der Waals surface area contributed by atoms with Gasteiger partial charge in [0.2, 0.25) is 0 Å². The van der Waals surface area contributed by atoms with Gasteiger partial charge in [-0.2, -0.15) is 0 Å². The summed E-state index contributed by atoms with van der Waals surface area (Å²) < 4.78 is 5.30. The van der Waals surface area contributed by atoms with Crippen molar-refractivity contribution in [1.29, 1.82) is 0 Å². The standard InChI is InChI=1S/C23H25N3O4S/c1-4-26(23-25-20(14-31-23)18-6-5-7-19(12-18)30-3)13-16-8-10-17(11-9-16)21(27)24-15(2)22(28)29/h5-12,14-15H,4,13H2,1-3H3,(H,24,27)(H,28,29). The van der Waals surface area contributed by atoms with Crippen molar-refractivity contribution in [2.24, 2.45) is 0 Å². The Kier molecular flexibility index (Phi) is 7.25. The fraction of sp³-hybridized carbons (Fsp3) is 0.261. The van der Waals surface area contributed by atoms with E-state index < -0.39 is 17.9 Å². The number of methoxy groups -OCH3 is 1. The number of anilines is 1. The Bertz CT molecular complexity index is 1050. The molecule has 1 unspecified atom stereocenters. The molecule has 0 saturated carbocycles. The van der Waals surface area contributed by atoms with E-state index in [9.17, 15) is 9.59 Å². The lowest BCUT2D eigenvalue weighted by atomic mass is 10.1. The van der Waals surface area contributed by atoms with Gasteiger partial charge in [-0.25, -0.2) is 4.98 Å². The Labute approximate surface area is 185 Å². The monoisotopic (exact) mass is 439 g/mol. The minimum atomic E-state index is -1.07. The van der Waals surface area contributed by atoms with Gasteiger partial charge >= 0.3 is 5.97 Å². The molecule has 0 aliphatic heterocycles. The lowest BCUT2D eigenvalue weighted by Gasteiger charge is -2.20. The Balaban J connectivity index is 1.69. The van der Waals surface area contributed by atoms with Crippen LogP contribution in [-0.4, -0.2) is 41.7 Å². The summed E-state index contributed by atoms with van der Waals surface area (Å²) in [5, 5.41) is 14.3. The number of carboxylic acids is 1. The minimum Gasteiger partial charge on any atom is -0.497 e. The van der Waals surface area contributed by atoms with Crippen molar-refractivity contribution in [3.8, 4) is 17.0 Å². The fourth-order valence-electron chi connectivity index (χ4n) is 2.96. The maximum Gasteiger partial charge on any atom is 0.325 e. The fourth-order valence-corrected chi connectivity index (χ4v) is 3.86. The first-order chi connectivity index (χ1) is 14.9. The van der Waals surface area contributed by atoms with Gasteiger partial charge in [0.1, 0.15) is 11.8 Å². The van der Waals surface area contributed by atoms with Crippen molar-refractivity contribution in [1.82, 2.24) is 10.3 Å². The van der Waals surface area contributed by atoms with Gasteiger partial charge in [0.05, 0.1) is 12.8 Å². The summed E-state index contributed by atoms with van der Waals surface area (Å²) in [7, 11) is 1.64. The number of nitrogens with one attached hydrogen (secondary N) is 1. The zero-order valence-electron chi connectivity index (χ0n) is 17.7. The molecule has 0 spiro atoms. The first-order valence-corrected chi connectivity index (χ1v) is 10.8. The van der Waals surface area contributed by atoms with E-state index in [4.69, 9.17) is 14.8 Å². The molecule has 3 aromatic rings. The van der Waals surface area contributed by atoms with Crippen molar-refractivity contribution in [3.05, 3.63) is 65.0 Å². The summed E-state index contributed by atoms with van der Waals surface area (Å²) in [4.78, 5) is 30.0. The number of carboxylic acid groups (broad SMARTS) is 1. The summed E-state index contributed by atoms with van der Waals surface area (Å²) in [5.74, 6) is -0.682. The third-order valence-corrected chi connectivity index (χ3v) is 5.72. The van der Waals surface area contributed by atoms with Crippen molar-refractivity contribution in [2.45, 2.75) is 26.4 Å². The smallest absolute Gasteiger partial charge is 0.325 e. The van der Waals surface area contributed by atoms with Crippen LogP contribution in [0.15, 0.2) is 53.9 Å². The number of ether oxygens (including phenoxy) is 1. The maximum absolute atomic E-state index is 12.2. The summed E-state index contributed by atoms with van der Waals surface area (Å²) >= 11 is 1.58. The van der Waals surface area contributed by atoms with Gasteiger partial charge in [-0.1, -0.05) is 24.3 Å². The normalized spacial score (nSPS) is 11.6. The average molecular weight is 440 g/mol. The summed E-state index contributed by atoms with van der Waals surface area (Å²) in [6.45, 7) is 4.93. The van der Waals surface area contributed by atoms with E-state index in [1.807, 2.05) is 41.8 Å². The van der Waals surface area contributed by atoms with Crippen molar-refractivity contribution < 1.29 is 19.4 Å². The summed E-state index contributed by atoms with van der Waals surface area (Å²) in [5.41, 5.74) is 3.36. The number of hydrogen-bond acceptors (Lipinski definition) is 6. The predicted octanol–water partition coefficient (Wildman–Crippen LogP) is 4.05. The molecule has 0 aliphatic rings. The van der Waals surface area contributed by atoms with Gasteiger partial charge in [0, 0.05) is 29.6 Å². The molecular formula is C23H25N3O4S. The predicted molar refractivity (Wildman–Crippen MR) is 122 cm³/mol. The van der Waals surface area contributed by atoms with Crippen LogP contribution in [0, 0.1) is 0 Å². The number of aliphatic carboxylic acids is 1. The molecule has 0 saturated heterocycles. The highest BCUT2D eigenvalue weighted by Crippen LogP contribution is 2.30. The second-order valence-electron chi connectivity index (χ2n) is 6.99. The number of aromatic nitrogens is 1. The van der Waals surface area contributed by atoms with E-state index >= 15 is 0 Å². The number of rotatable bonds is 9. The van der Waals surface area contributed by atoms with Crippen LogP contribution < -0.4 is 15.0 Å². The molecule has 31 heavy (non-hydrogen) atoms. The lowest BCUT2D eigenvalue weighted by molar-refractivity contribution is -0.138. The second-order valence-corrected chi connectivity index (χ2v) is 7.83. The van der Waals surface area contributed by atoms with Crippen LogP contribution in [0.25, 0.3) is 11.3 Å². The van der Waals surface area contributed by atoms with Crippen molar-refractivity contribution in [3.63, 3.8) is 0 Å². The molecule has 0 fully saturated rings. The Morgan fingerprint density at radius 2 is 1.97 bits per heavy atom. The Morgan fingerprint density at radius 3 is 2.61 bits per heavy atom. The number of benzene rings is 2. The molecule has 0 aliphatic carbocycles. The molecule has 8 heteroatoms. The number of amides is 1. The number of carbonyl (C=O) groups excluding carboxylic acids is 1.